The van der Waals surface area contributed by atoms with Gasteiger partial charge in [-0.2, -0.15) is 0 Å². The van der Waals surface area contributed by atoms with Crippen LogP contribution < -0.4 is 11.1 Å². The van der Waals surface area contributed by atoms with E-state index in [1.54, 1.807) is 0 Å². The van der Waals surface area contributed by atoms with Crippen LogP contribution in [0.25, 0.3) is 0 Å². The highest BCUT2D eigenvalue weighted by atomic mass is 32.2. The Bertz CT molecular complexity index is 603. The molecule has 0 radical (unpaired) electrons. The van der Waals surface area contributed by atoms with Gasteiger partial charge in [0, 0.05) is 6.54 Å². The quantitative estimate of drug-likeness (QED) is 0.812. The fourth-order valence-electron chi connectivity index (χ4n) is 2.00. The molecule has 0 aromatic carbocycles. The lowest BCUT2D eigenvalue weighted by Gasteiger charge is -2.10. The van der Waals surface area contributed by atoms with Crippen molar-refractivity contribution in [1.82, 2.24) is 10.3 Å². The number of carbonyl (C=O) groups is 1. The van der Waals surface area contributed by atoms with E-state index in [0.29, 0.717) is 6.42 Å². The lowest BCUT2D eigenvalue weighted by atomic mass is 10.1. The summed E-state index contributed by atoms with van der Waals surface area (Å²) in [5, 5.41) is 2.56. The third kappa shape index (κ3) is 3.40. The van der Waals surface area contributed by atoms with Gasteiger partial charge in [-0.3, -0.25) is 4.79 Å². The number of sulfone groups is 1. The Morgan fingerprint density at radius 3 is 2.95 bits per heavy atom. The van der Waals surface area contributed by atoms with E-state index < -0.39 is 21.6 Å². The molecule has 1 unspecified atom stereocenters. The Hall–Kier alpha value is -1.70. The van der Waals surface area contributed by atoms with Crippen molar-refractivity contribution in [3.8, 4) is 0 Å². The van der Waals surface area contributed by atoms with Crippen LogP contribution in [0.15, 0.2) is 12.3 Å². The summed E-state index contributed by atoms with van der Waals surface area (Å²) in [5.74, 6) is -1.13. The number of nitrogen functional groups attached to an aromatic ring is 1. The minimum Gasteiger partial charge on any atom is -0.383 e. The predicted octanol–water partition coefficient (Wildman–Crippen LogP) is -0.0326. The zero-order valence-electron chi connectivity index (χ0n) is 10.1. The van der Waals surface area contributed by atoms with E-state index >= 15 is 0 Å². The highest BCUT2D eigenvalue weighted by Gasteiger charge is 2.28. The number of anilines is 1. The van der Waals surface area contributed by atoms with Crippen LogP contribution >= 0.6 is 0 Å². The summed E-state index contributed by atoms with van der Waals surface area (Å²) in [4.78, 5) is 15.3. The molecule has 3 N–H and O–H groups in total. The number of nitrogens with zero attached hydrogens (tertiary/aromatic N) is 1. The van der Waals surface area contributed by atoms with Gasteiger partial charge in [0.1, 0.15) is 11.6 Å². The molecule has 1 aromatic heterocycles. The molecule has 0 saturated carbocycles. The van der Waals surface area contributed by atoms with Gasteiger partial charge in [0.05, 0.1) is 23.3 Å². The zero-order valence-corrected chi connectivity index (χ0v) is 10.9. The minimum atomic E-state index is -2.97. The number of nitrogens with two attached hydrogens (primary N) is 1. The van der Waals surface area contributed by atoms with Crippen LogP contribution in [-0.4, -0.2) is 37.4 Å². The maximum absolute atomic E-state index is 13.0. The van der Waals surface area contributed by atoms with E-state index in [1.165, 1.54) is 0 Å². The van der Waals surface area contributed by atoms with Crippen molar-refractivity contribution in [2.24, 2.45) is 5.92 Å². The van der Waals surface area contributed by atoms with E-state index in [2.05, 4.69) is 10.3 Å². The number of pyridine rings is 1. The number of halogens is 1. The van der Waals surface area contributed by atoms with Crippen LogP contribution in [0.3, 0.4) is 0 Å². The first-order chi connectivity index (χ1) is 8.87. The van der Waals surface area contributed by atoms with Crippen molar-refractivity contribution < 1.29 is 17.6 Å². The molecule has 104 valence electrons. The highest BCUT2D eigenvalue weighted by Crippen LogP contribution is 2.17. The lowest BCUT2D eigenvalue weighted by molar-refractivity contribution is 0.0948. The summed E-state index contributed by atoms with van der Waals surface area (Å²) in [6, 6.07) is 1.00. The van der Waals surface area contributed by atoms with Crippen LogP contribution in [0.4, 0.5) is 10.2 Å². The van der Waals surface area contributed by atoms with E-state index in [0.717, 1.165) is 12.3 Å². The number of amides is 1. The molecule has 0 spiro atoms. The smallest absolute Gasteiger partial charge is 0.255 e. The third-order valence-electron chi connectivity index (χ3n) is 3.01. The predicted molar refractivity (Wildman–Crippen MR) is 67.7 cm³/mol. The van der Waals surface area contributed by atoms with Crippen molar-refractivity contribution in [2.45, 2.75) is 6.42 Å². The first-order valence-electron chi connectivity index (χ1n) is 5.77. The Morgan fingerprint density at radius 2 is 2.32 bits per heavy atom. The molecule has 2 heterocycles. The van der Waals surface area contributed by atoms with Crippen LogP contribution in [0.2, 0.25) is 0 Å². The average molecular weight is 287 g/mol. The van der Waals surface area contributed by atoms with E-state index in [4.69, 9.17) is 5.73 Å². The standard InChI is InChI=1S/C11H14FN3O3S/c12-8-3-9(10(13)14-5-8)11(16)15-4-7-1-2-19(17,18)6-7/h3,5,7H,1-2,4,6H2,(H2,13,14)(H,15,16). The van der Waals surface area contributed by atoms with Crippen molar-refractivity contribution in [2.75, 3.05) is 23.8 Å². The molecule has 0 bridgehead atoms. The molecule has 6 nitrogen and oxygen atoms in total. The fourth-order valence-corrected chi connectivity index (χ4v) is 3.86. The largest absolute Gasteiger partial charge is 0.383 e. The van der Waals surface area contributed by atoms with Crippen molar-refractivity contribution in [3.63, 3.8) is 0 Å². The molecule has 1 amide bonds. The van der Waals surface area contributed by atoms with Gasteiger partial charge in [-0.15, -0.1) is 0 Å². The number of nitrogens with one attached hydrogen (secondary N) is 1. The monoisotopic (exact) mass is 287 g/mol. The van der Waals surface area contributed by atoms with Gasteiger partial charge in [-0.05, 0) is 18.4 Å². The molecule has 1 aromatic rings. The molecule has 19 heavy (non-hydrogen) atoms. The maximum Gasteiger partial charge on any atom is 0.255 e. The number of aromatic nitrogens is 1. The summed E-state index contributed by atoms with van der Waals surface area (Å²) < 4.78 is 35.5. The van der Waals surface area contributed by atoms with Crippen LogP contribution in [0.5, 0.6) is 0 Å². The molecular formula is C11H14FN3O3S. The Kier molecular flexibility index (Phi) is 3.70. The van der Waals surface area contributed by atoms with Crippen molar-refractivity contribution in [3.05, 3.63) is 23.6 Å². The molecule has 8 heteroatoms. The Labute approximate surface area is 110 Å². The number of rotatable bonds is 3. The summed E-state index contributed by atoms with van der Waals surface area (Å²) in [5.41, 5.74) is 5.44. The second-order valence-corrected chi connectivity index (χ2v) is 6.79. The Balaban J connectivity index is 1.97. The van der Waals surface area contributed by atoms with Crippen LogP contribution in [0, 0.1) is 11.7 Å². The third-order valence-corrected chi connectivity index (χ3v) is 4.84. The highest BCUT2D eigenvalue weighted by molar-refractivity contribution is 7.91. The van der Waals surface area contributed by atoms with Gasteiger partial charge in [0.25, 0.3) is 5.91 Å². The molecular weight excluding hydrogens is 273 g/mol. The number of hydrogen-bond donors (Lipinski definition) is 2. The van der Waals surface area contributed by atoms with Gasteiger partial charge >= 0.3 is 0 Å². The second-order valence-electron chi connectivity index (χ2n) is 4.57. The number of carbonyl (C=O) groups excluding carboxylic acids is 1. The lowest BCUT2D eigenvalue weighted by Crippen LogP contribution is -2.30. The number of hydrogen-bond acceptors (Lipinski definition) is 5. The average Bonchev–Trinajstić information content (AvgIpc) is 2.69. The molecule has 1 saturated heterocycles. The van der Waals surface area contributed by atoms with Gasteiger partial charge in [-0.1, -0.05) is 0 Å². The van der Waals surface area contributed by atoms with Gasteiger partial charge < -0.3 is 11.1 Å². The first-order valence-corrected chi connectivity index (χ1v) is 7.59. The maximum atomic E-state index is 13.0. The van der Waals surface area contributed by atoms with E-state index in [1.807, 2.05) is 0 Å². The molecule has 2 rings (SSSR count). The normalized spacial score (nSPS) is 21.2. The van der Waals surface area contributed by atoms with Gasteiger partial charge in [-0.25, -0.2) is 17.8 Å². The fraction of sp³-hybridized carbons (Fsp3) is 0.455. The Morgan fingerprint density at radius 1 is 1.58 bits per heavy atom. The first kappa shape index (κ1) is 13.7. The molecule has 1 atom stereocenters. The topological polar surface area (TPSA) is 102 Å². The van der Waals surface area contributed by atoms with Crippen molar-refractivity contribution in [1.29, 1.82) is 0 Å². The van der Waals surface area contributed by atoms with E-state index in [-0.39, 0.29) is 35.3 Å². The SMILES string of the molecule is Nc1ncc(F)cc1C(=O)NCC1CCS(=O)(=O)C1. The zero-order chi connectivity index (χ0) is 14.0. The van der Waals surface area contributed by atoms with Crippen LogP contribution in [-0.2, 0) is 9.84 Å². The van der Waals surface area contributed by atoms with Crippen LogP contribution in [0.1, 0.15) is 16.8 Å². The van der Waals surface area contributed by atoms with Gasteiger partial charge in [0.2, 0.25) is 0 Å². The van der Waals surface area contributed by atoms with E-state index in [9.17, 15) is 17.6 Å². The summed E-state index contributed by atoms with van der Waals surface area (Å²) >= 11 is 0. The molecule has 1 aliphatic rings. The summed E-state index contributed by atoms with van der Waals surface area (Å²) in [7, 11) is -2.97. The van der Waals surface area contributed by atoms with Gasteiger partial charge in [0.15, 0.2) is 9.84 Å². The molecule has 1 fully saturated rings. The summed E-state index contributed by atoms with van der Waals surface area (Å²) in [6.07, 6.45) is 1.45. The second kappa shape index (κ2) is 5.12. The minimum absolute atomic E-state index is 0.0409. The molecule has 0 aliphatic carbocycles. The molecule has 1 aliphatic heterocycles. The summed E-state index contributed by atoms with van der Waals surface area (Å²) in [6.45, 7) is 0.230. The van der Waals surface area contributed by atoms with Crippen molar-refractivity contribution >= 4 is 21.6 Å².